The van der Waals surface area contributed by atoms with Crippen LogP contribution < -0.4 is 10.5 Å². The molecule has 0 spiro atoms. The number of benzene rings is 1. The van der Waals surface area contributed by atoms with E-state index in [4.69, 9.17) is 11.0 Å². The molecule has 0 saturated heterocycles. The number of sulfonamides is 1. The summed E-state index contributed by atoms with van der Waals surface area (Å²) >= 11 is 0. The molecule has 0 atom stereocenters. The monoisotopic (exact) mass is 263 g/mol. The summed E-state index contributed by atoms with van der Waals surface area (Å²) in [6, 6.07) is 6.20. The molecule has 0 saturated carbocycles. The third-order valence-corrected chi connectivity index (χ3v) is 3.46. The topological polar surface area (TPSA) is 125 Å². The maximum Gasteiger partial charge on any atom is 0.279 e. The highest BCUT2D eigenvalue weighted by Gasteiger charge is 2.17. The van der Waals surface area contributed by atoms with Gasteiger partial charge in [-0.15, -0.1) is 0 Å². The molecule has 1 aromatic carbocycles. The first-order valence-corrected chi connectivity index (χ1v) is 6.32. The molecular formula is C10H9N5O2S. The van der Waals surface area contributed by atoms with Crippen molar-refractivity contribution < 1.29 is 8.42 Å². The van der Waals surface area contributed by atoms with Crippen molar-refractivity contribution in [2.45, 2.75) is 5.03 Å². The van der Waals surface area contributed by atoms with Gasteiger partial charge in [-0.25, -0.2) is 4.98 Å². The molecule has 0 aliphatic carbocycles. The fraction of sp³-hybridized carbons (Fsp3) is 0. The Balaban J connectivity index is 2.39. The van der Waals surface area contributed by atoms with Crippen LogP contribution in [-0.2, 0) is 10.0 Å². The normalized spacial score (nSPS) is 10.8. The number of hydrogen-bond donors (Lipinski definition) is 3. The lowest BCUT2D eigenvalue weighted by atomic mass is 10.2. The first-order valence-electron chi connectivity index (χ1n) is 4.84. The van der Waals surface area contributed by atoms with Crippen LogP contribution >= 0.6 is 0 Å². The number of nitrogens with one attached hydrogen (secondary N) is 2. The molecule has 18 heavy (non-hydrogen) atoms. The first kappa shape index (κ1) is 11.9. The van der Waals surface area contributed by atoms with E-state index < -0.39 is 10.0 Å². The minimum atomic E-state index is -3.78. The number of nitriles is 1. The van der Waals surface area contributed by atoms with E-state index >= 15 is 0 Å². The number of nitrogens with two attached hydrogens (primary N) is 1. The van der Waals surface area contributed by atoms with Crippen molar-refractivity contribution in [3.63, 3.8) is 0 Å². The molecule has 0 amide bonds. The first-order chi connectivity index (χ1) is 8.53. The molecule has 0 radical (unpaired) electrons. The molecule has 1 heterocycles. The van der Waals surface area contributed by atoms with Crippen molar-refractivity contribution in [1.29, 1.82) is 5.26 Å². The second kappa shape index (κ2) is 4.38. The SMILES string of the molecule is N#Cc1cc(N)ccc1NS(=O)(=O)c1cnc[nH]1. The number of imidazole rings is 1. The fourth-order valence-corrected chi connectivity index (χ4v) is 2.32. The number of hydrogen-bond acceptors (Lipinski definition) is 5. The Kier molecular flexibility index (Phi) is 2.91. The van der Waals surface area contributed by atoms with E-state index in [0.29, 0.717) is 5.69 Å². The van der Waals surface area contributed by atoms with Crippen molar-refractivity contribution in [2.75, 3.05) is 10.5 Å². The summed E-state index contributed by atoms with van der Waals surface area (Å²) in [4.78, 5) is 6.10. The maximum atomic E-state index is 11.9. The van der Waals surface area contributed by atoms with Gasteiger partial charge in [0, 0.05) is 5.69 Å². The molecule has 0 bridgehead atoms. The Bertz CT molecular complexity index is 700. The summed E-state index contributed by atoms with van der Waals surface area (Å²) in [5.41, 5.74) is 6.22. The summed E-state index contributed by atoms with van der Waals surface area (Å²) in [6.07, 6.45) is 2.43. The zero-order chi connectivity index (χ0) is 13.2. The largest absolute Gasteiger partial charge is 0.399 e. The zero-order valence-corrected chi connectivity index (χ0v) is 9.90. The molecule has 0 aliphatic rings. The molecule has 0 unspecified atom stereocenters. The number of rotatable bonds is 3. The summed E-state index contributed by atoms with van der Waals surface area (Å²) in [6.45, 7) is 0. The standard InChI is InChI=1S/C10H9N5O2S/c11-4-7-3-8(12)1-2-9(7)15-18(16,17)10-5-13-6-14-10/h1-3,5-6,15H,12H2,(H,13,14). The maximum absolute atomic E-state index is 11.9. The van der Waals surface area contributed by atoms with Crippen LogP contribution in [-0.4, -0.2) is 18.4 Å². The predicted molar refractivity (Wildman–Crippen MR) is 65.0 cm³/mol. The Morgan fingerprint density at radius 1 is 1.44 bits per heavy atom. The van der Waals surface area contributed by atoms with Crippen molar-refractivity contribution in [3.05, 3.63) is 36.3 Å². The predicted octanol–water partition coefficient (Wildman–Crippen LogP) is 0.664. The lowest BCUT2D eigenvalue weighted by Crippen LogP contribution is -2.14. The Morgan fingerprint density at radius 3 is 2.83 bits per heavy atom. The van der Waals surface area contributed by atoms with Gasteiger partial charge < -0.3 is 10.7 Å². The summed E-state index contributed by atoms with van der Waals surface area (Å²) < 4.78 is 26.1. The number of H-pyrrole nitrogens is 1. The van der Waals surface area contributed by atoms with Gasteiger partial charge in [-0.2, -0.15) is 13.7 Å². The van der Waals surface area contributed by atoms with Crippen LogP contribution in [0.5, 0.6) is 0 Å². The number of anilines is 2. The van der Waals surface area contributed by atoms with Crippen LogP contribution in [0.4, 0.5) is 11.4 Å². The van der Waals surface area contributed by atoms with E-state index in [0.717, 1.165) is 0 Å². The molecular weight excluding hydrogens is 254 g/mol. The molecule has 4 N–H and O–H groups in total. The summed E-state index contributed by atoms with van der Waals surface area (Å²) in [7, 11) is -3.78. The lowest BCUT2D eigenvalue weighted by molar-refractivity contribution is 0.598. The zero-order valence-electron chi connectivity index (χ0n) is 9.08. The van der Waals surface area contributed by atoms with Crippen LogP contribution in [0, 0.1) is 11.3 Å². The minimum absolute atomic E-state index is 0.0804. The van der Waals surface area contributed by atoms with Crippen molar-refractivity contribution in [2.24, 2.45) is 0 Å². The van der Waals surface area contributed by atoms with Crippen LogP contribution in [0.2, 0.25) is 0 Å². The average Bonchev–Trinajstić information content (AvgIpc) is 2.85. The van der Waals surface area contributed by atoms with E-state index in [1.807, 2.05) is 6.07 Å². The van der Waals surface area contributed by atoms with E-state index in [1.54, 1.807) is 0 Å². The van der Waals surface area contributed by atoms with Crippen LogP contribution in [0.25, 0.3) is 0 Å². The number of aromatic amines is 1. The highest BCUT2D eigenvalue weighted by molar-refractivity contribution is 7.92. The third kappa shape index (κ3) is 2.26. The van der Waals surface area contributed by atoms with Gasteiger partial charge in [-0.1, -0.05) is 0 Å². The molecule has 0 aliphatic heterocycles. The van der Waals surface area contributed by atoms with E-state index in [-0.39, 0.29) is 16.3 Å². The Hall–Kier alpha value is -2.53. The van der Waals surface area contributed by atoms with Crippen molar-refractivity contribution >= 4 is 21.4 Å². The van der Waals surface area contributed by atoms with Crippen LogP contribution in [0.1, 0.15) is 5.56 Å². The lowest BCUT2D eigenvalue weighted by Gasteiger charge is -2.08. The third-order valence-electron chi connectivity index (χ3n) is 2.17. The molecule has 0 fully saturated rings. The average molecular weight is 263 g/mol. The second-order valence-corrected chi connectivity index (χ2v) is 5.09. The highest BCUT2D eigenvalue weighted by atomic mass is 32.2. The van der Waals surface area contributed by atoms with Crippen LogP contribution in [0.15, 0.2) is 35.7 Å². The van der Waals surface area contributed by atoms with Gasteiger partial charge in [-0.05, 0) is 18.2 Å². The second-order valence-electron chi connectivity index (χ2n) is 3.44. The van der Waals surface area contributed by atoms with Crippen LogP contribution in [0.3, 0.4) is 0 Å². The Morgan fingerprint density at radius 2 is 2.22 bits per heavy atom. The number of aromatic nitrogens is 2. The molecule has 8 heteroatoms. The van der Waals surface area contributed by atoms with E-state index in [2.05, 4.69) is 14.7 Å². The van der Waals surface area contributed by atoms with Gasteiger partial charge in [0.2, 0.25) is 0 Å². The fourth-order valence-electron chi connectivity index (χ4n) is 1.33. The van der Waals surface area contributed by atoms with Gasteiger partial charge in [0.05, 0.1) is 23.8 Å². The number of nitrogens with zero attached hydrogens (tertiary/aromatic N) is 2. The van der Waals surface area contributed by atoms with Gasteiger partial charge in [0.25, 0.3) is 10.0 Å². The van der Waals surface area contributed by atoms with Gasteiger partial charge in [0.1, 0.15) is 6.07 Å². The Labute approximate surface area is 103 Å². The van der Waals surface area contributed by atoms with E-state index in [9.17, 15) is 8.42 Å². The van der Waals surface area contributed by atoms with Crippen molar-refractivity contribution in [1.82, 2.24) is 9.97 Å². The highest BCUT2D eigenvalue weighted by Crippen LogP contribution is 2.20. The van der Waals surface area contributed by atoms with E-state index in [1.165, 1.54) is 30.7 Å². The smallest absolute Gasteiger partial charge is 0.279 e. The summed E-state index contributed by atoms with van der Waals surface area (Å²) in [5, 5.41) is 8.83. The van der Waals surface area contributed by atoms with Gasteiger partial charge >= 0.3 is 0 Å². The quantitative estimate of drug-likeness (QED) is 0.702. The van der Waals surface area contributed by atoms with Gasteiger partial charge in [-0.3, -0.25) is 4.72 Å². The van der Waals surface area contributed by atoms with Crippen molar-refractivity contribution in [3.8, 4) is 6.07 Å². The number of nitrogen functional groups attached to an aromatic ring is 1. The molecule has 1 aromatic heterocycles. The molecule has 92 valence electrons. The molecule has 2 aromatic rings. The van der Waals surface area contributed by atoms with Gasteiger partial charge in [0.15, 0.2) is 5.03 Å². The minimum Gasteiger partial charge on any atom is -0.399 e. The summed E-state index contributed by atoms with van der Waals surface area (Å²) in [5.74, 6) is 0. The molecule has 7 nitrogen and oxygen atoms in total. The molecule has 2 rings (SSSR count).